The lowest BCUT2D eigenvalue weighted by atomic mass is 10.0. The third kappa shape index (κ3) is 2.80. The van der Waals surface area contributed by atoms with Crippen LogP contribution in [0.1, 0.15) is 37.0 Å². The Morgan fingerprint density at radius 1 is 1.53 bits per heavy atom. The number of hydrogen-bond acceptors (Lipinski definition) is 2. The van der Waals surface area contributed by atoms with Crippen LogP contribution in [0.3, 0.4) is 0 Å². The van der Waals surface area contributed by atoms with Gasteiger partial charge < -0.3 is 10.4 Å². The molecule has 2 nitrogen and oxygen atoms in total. The summed E-state index contributed by atoms with van der Waals surface area (Å²) in [6, 6.07) is 8.91. The van der Waals surface area contributed by atoms with Crippen LogP contribution in [0.15, 0.2) is 24.3 Å². The van der Waals surface area contributed by atoms with Crippen molar-refractivity contribution >= 4 is 0 Å². The molecular formula is C13H19NO. The van der Waals surface area contributed by atoms with Crippen LogP contribution in [-0.4, -0.2) is 17.7 Å². The van der Waals surface area contributed by atoms with Crippen molar-refractivity contribution in [3.05, 3.63) is 35.4 Å². The molecule has 1 saturated heterocycles. The van der Waals surface area contributed by atoms with E-state index in [9.17, 15) is 5.11 Å². The normalized spacial score (nSPS) is 22.9. The van der Waals surface area contributed by atoms with Crippen LogP contribution in [0.5, 0.6) is 0 Å². The minimum atomic E-state index is -0.360. The van der Waals surface area contributed by atoms with E-state index in [2.05, 4.69) is 17.4 Å². The first-order valence-electron chi connectivity index (χ1n) is 5.76. The fraction of sp³-hybridized carbons (Fsp3) is 0.538. The van der Waals surface area contributed by atoms with Gasteiger partial charge in [-0.15, -0.1) is 0 Å². The number of aliphatic hydroxyl groups excluding tert-OH is 1. The van der Waals surface area contributed by atoms with Crippen molar-refractivity contribution < 1.29 is 5.11 Å². The van der Waals surface area contributed by atoms with E-state index >= 15 is 0 Å². The molecule has 0 bridgehead atoms. The maximum absolute atomic E-state index is 9.49. The fourth-order valence-electron chi connectivity index (χ4n) is 2.20. The monoisotopic (exact) mass is 205 g/mol. The highest BCUT2D eigenvalue weighted by atomic mass is 16.3. The van der Waals surface area contributed by atoms with E-state index in [1.807, 2.05) is 19.1 Å². The molecule has 82 valence electrons. The van der Waals surface area contributed by atoms with Crippen LogP contribution < -0.4 is 5.32 Å². The summed E-state index contributed by atoms with van der Waals surface area (Å²) in [6.07, 6.45) is 3.29. The summed E-state index contributed by atoms with van der Waals surface area (Å²) in [5.41, 5.74) is 2.35. The van der Waals surface area contributed by atoms with Gasteiger partial charge in [0.15, 0.2) is 0 Å². The molecule has 1 fully saturated rings. The number of rotatable bonds is 3. The number of aliphatic hydroxyl groups is 1. The molecule has 1 aromatic rings. The summed E-state index contributed by atoms with van der Waals surface area (Å²) >= 11 is 0. The molecular weight excluding hydrogens is 186 g/mol. The second-order valence-corrected chi connectivity index (χ2v) is 4.42. The van der Waals surface area contributed by atoms with Crippen molar-refractivity contribution in [1.82, 2.24) is 5.32 Å². The van der Waals surface area contributed by atoms with E-state index in [4.69, 9.17) is 0 Å². The predicted octanol–water partition coefficient (Wildman–Crippen LogP) is 2.03. The third-order valence-corrected chi connectivity index (χ3v) is 3.08. The first-order chi connectivity index (χ1) is 7.25. The molecule has 0 saturated carbocycles. The van der Waals surface area contributed by atoms with E-state index in [-0.39, 0.29) is 6.10 Å². The van der Waals surface area contributed by atoms with Crippen molar-refractivity contribution in [2.75, 3.05) is 6.54 Å². The maximum Gasteiger partial charge on any atom is 0.0762 e. The zero-order chi connectivity index (χ0) is 10.7. The Hall–Kier alpha value is -0.860. The molecule has 2 rings (SSSR count). The highest BCUT2D eigenvalue weighted by Crippen LogP contribution is 2.17. The molecule has 2 atom stereocenters. The van der Waals surface area contributed by atoms with Gasteiger partial charge in [0.05, 0.1) is 6.10 Å². The average molecular weight is 205 g/mol. The van der Waals surface area contributed by atoms with Crippen LogP contribution in [0, 0.1) is 0 Å². The minimum absolute atomic E-state index is 0.360. The highest BCUT2D eigenvalue weighted by Gasteiger charge is 2.14. The van der Waals surface area contributed by atoms with Gasteiger partial charge in [0.2, 0.25) is 0 Å². The molecule has 1 aliphatic rings. The lowest BCUT2D eigenvalue weighted by molar-refractivity contribution is 0.199. The Bertz CT molecular complexity index is 316. The van der Waals surface area contributed by atoms with Crippen molar-refractivity contribution in [3.63, 3.8) is 0 Å². The Kier molecular flexibility index (Phi) is 3.39. The Balaban J connectivity index is 2.04. The molecule has 0 aliphatic carbocycles. The molecule has 2 unspecified atom stereocenters. The summed E-state index contributed by atoms with van der Waals surface area (Å²) < 4.78 is 0. The molecule has 1 aliphatic heterocycles. The number of benzene rings is 1. The van der Waals surface area contributed by atoms with Crippen LogP contribution in [0.4, 0.5) is 0 Å². The van der Waals surface area contributed by atoms with Crippen LogP contribution >= 0.6 is 0 Å². The molecule has 2 N–H and O–H groups in total. The van der Waals surface area contributed by atoms with E-state index in [0.717, 1.165) is 18.5 Å². The minimum Gasteiger partial charge on any atom is -0.389 e. The third-order valence-electron chi connectivity index (χ3n) is 3.08. The van der Waals surface area contributed by atoms with Crippen LogP contribution in [-0.2, 0) is 6.42 Å². The summed E-state index contributed by atoms with van der Waals surface area (Å²) in [4.78, 5) is 0. The Morgan fingerprint density at radius 2 is 2.40 bits per heavy atom. The summed E-state index contributed by atoms with van der Waals surface area (Å²) in [6.45, 7) is 2.97. The predicted molar refractivity (Wildman–Crippen MR) is 61.8 cm³/mol. The lowest BCUT2D eigenvalue weighted by Gasteiger charge is -2.12. The summed E-state index contributed by atoms with van der Waals surface area (Å²) in [5.74, 6) is 0. The first-order valence-corrected chi connectivity index (χ1v) is 5.76. The summed E-state index contributed by atoms with van der Waals surface area (Å²) in [7, 11) is 0. The summed E-state index contributed by atoms with van der Waals surface area (Å²) in [5, 5.41) is 13.0. The SMILES string of the molecule is CC(O)c1cccc(CC2CCCN2)c1. The smallest absolute Gasteiger partial charge is 0.0762 e. The standard InChI is InChI=1S/C13H19NO/c1-10(15)12-5-2-4-11(8-12)9-13-6-3-7-14-13/h2,4-5,8,10,13-15H,3,6-7,9H2,1H3. The van der Waals surface area contributed by atoms with Crippen LogP contribution in [0.25, 0.3) is 0 Å². The quantitative estimate of drug-likeness (QED) is 0.791. The zero-order valence-electron chi connectivity index (χ0n) is 9.24. The maximum atomic E-state index is 9.49. The van der Waals surface area contributed by atoms with E-state index < -0.39 is 0 Å². The van der Waals surface area contributed by atoms with Gasteiger partial charge >= 0.3 is 0 Å². The van der Waals surface area contributed by atoms with Crippen molar-refractivity contribution in [2.24, 2.45) is 0 Å². The number of hydrogen-bond donors (Lipinski definition) is 2. The van der Waals surface area contributed by atoms with Gasteiger partial charge in [-0.25, -0.2) is 0 Å². The van der Waals surface area contributed by atoms with Gasteiger partial charge in [-0.1, -0.05) is 24.3 Å². The first kappa shape index (κ1) is 10.7. The molecule has 15 heavy (non-hydrogen) atoms. The second-order valence-electron chi connectivity index (χ2n) is 4.42. The second kappa shape index (κ2) is 4.77. The van der Waals surface area contributed by atoms with E-state index in [1.54, 1.807) is 0 Å². The van der Waals surface area contributed by atoms with Gasteiger partial charge in [0, 0.05) is 6.04 Å². The number of nitrogens with one attached hydrogen (secondary N) is 1. The van der Waals surface area contributed by atoms with Gasteiger partial charge in [-0.05, 0) is 43.9 Å². The van der Waals surface area contributed by atoms with Gasteiger partial charge in [-0.3, -0.25) is 0 Å². The molecule has 0 spiro atoms. The molecule has 0 radical (unpaired) electrons. The average Bonchev–Trinajstić information content (AvgIpc) is 2.71. The van der Waals surface area contributed by atoms with Crippen LogP contribution in [0.2, 0.25) is 0 Å². The van der Waals surface area contributed by atoms with E-state index in [1.165, 1.54) is 18.4 Å². The van der Waals surface area contributed by atoms with Crippen molar-refractivity contribution in [3.8, 4) is 0 Å². The fourth-order valence-corrected chi connectivity index (χ4v) is 2.20. The topological polar surface area (TPSA) is 32.3 Å². The van der Waals surface area contributed by atoms with Crippen molar-refractivity contribution in [2.45, 2.75) is 38.3 Å². The molecule has 1 heterocycles. The highest BCUT2D eigenvalue weighted by molar-refractivity contribution is 5.25. The Morgan fingerprint density at radius 3 is 3.07 bits per heavy atom. The molecule has 2 heteroatoms. The van der Waals surface area contributed by atoms with E-state index in [0.29, 0.717) is 6.04 Å². The Labute approximate surface area is 91.3 Å². The largest absolute Gasteiger partial charge is 0.389 e. The van der Waals surface area contributed by atoms with Crippen molar-refractivity contribution in [1.29, 1.82) is 0 Å². The lowest BCUT2D eigenvalue weighted by Crippen LogP contribution is -2.23. The molecule has 1 aromatic carbocycles. The molecule has 0 amide bonds. The molecule has 0 aromatic heterocycles. The van der Waals surface area contributed by atoms with Gasteiger partial charge in [0.1, 0.15) is 0 Å². The van der Waals surface area contributed by atoms with Gasteiger partial charge in [-0.2, -0.15) is 0 Å². The van der Waals surface area contributed by atoms with Gasteiger partial charge in [0.25, 0.3) is 0 Å². The zero-order valence-corrected chi connectivity index (χ0v) is 9.24.